The van der Waals surface area contributed by atoms with Gasteiger partial charge in [0.15, 0.2) is 0 Å². The van der Waals surface area contributed by atoms with Crippen LogP contribution in [0.15, 0.2) is 40.3 Å². The molecule has 0 spiro atoms. The molecule has 29 heavy (non-hydrogen) atoms. The van der Waals surface area contributed by atoms with Gasteiger partial charge in [0.1, 0.15) is 12.2 Å². The van der Waals surface area contributed by atoms with Gasteiger partial charge in [0.05, 0.1) is 22.9 Å². The molecular formula is C18H17F5N4OS. The van der Waals surface area contributed by atoms with E-state index in [1.807, 2.05) is 13.0 Å². The first-order chi connectivity index (χ1) is 13.6. The van der Waals surface area contributed by atoms with E-state index in [0.29, 0.717) is 16.0 Å². The first-order valence-corrected chi connectivity index (χ1v) is 9.71. The quantitative estimate of drug-likeness (QED) is 0.422. The highest BCUT2D eigenvalue weighted by Gasteiger charge is 2.58. The number of nitrogens with zero attached hydrogens (tertiary/aromatic N) is 4. The molecule has 0 aliphatic rings. The van der Waals surface area contributed by atoms with Gasteiger partial charge in [-0.05, 0) is 30.9 Å². The number of hydrogen-bond donors (Lipinski definition) is 0. The van der Waals surface area contributed by atoms with Crippen LogP contribution in [-0.4, -0.2) is 37.0 Å². The van der Waals surface area contributed by atoms with Crippen molar-refractivity contribution in [3.8, 4) is 11.4 Å². The smallest absolute Gasteiger partial charge is 0.292 e. The molecule has 0 radical (unpaired) electrons. The van der Waals surface area contributed by atoms with Gasteiger partial charge in [-0.1, -0.05) is 6.92 Å². The molecule has 0 unspecified atom stereocenters. The Morgan fingerprint density at radius 3 is 2.41 bits per heavy atom. The van der Waals surface area contributed by atoms with Gasteiger partial charge in [-0.2, -0.15) is 22.0 Å². The molecule has 0 fully saturated rings. The van der Waals surface area contributed by atoms with Crippen molar-refractivity contribution in [2.75, 3.05) is 5.75 Å². The summed E-state index contributed by atoms with van der Waals surface area (Å²) in [6.07, 6.45) is -3.05. The van der Waals surface area contributed by atoms with Crippen molar-refractivity contribution in [2.45, 2.75) is 43.9 Å². The summed E-state index contributed by atoms with van der Waals surface area (Å²) in [7, 11) is 0. The fourth-order valence-corrected chi connectivity index (χ4v) is 3.72. The third kappa shape index (κ3) is 3.87. The number of aromatic nitrogens is 4. The molecule has 0 aliphatic carbocycles. The van der Waals surface area contributed by atoms with Gasteiger partial charge in [0.2, 0.25) is 0 Å². The Bertz CT molecular complexity index is 1090. The molecule has 5 nitrogen and oxygen atoms in total. The van der Waals surface area contributed by atoms with E-state index in [1.54, 1.807) is 19.2 Å². The summed E-state index contributed by atoms with van der Waals surface area (Å²) in [5.74, 6) is -4.27. The first kappa shape index (κ1) is 21.3. The summed E-state index contributed by atoms with van der Waals surface area (Å²) >= 11 is 1.53. The van der Waals surface area contributed by atoms with Crippen LogP contribution < -0.4 is 5.69 Å². The van der Waals surface area contributed by atoms with Crippen LogP contribution >= 0.6 is 11.8 Å². The standard InChI is InChI=1S/C18H17F5N4OS/c1-3-26-12-8-11(15-14(29-4-2)6-5-7-24-15)25-9-13(12)27(16(26)28)10-17(19,20)18(21,22)23/h5-9H,3-4,10H2,1-2H3. The lowest BCUT2D eigenvalue weighted by molar-refractivity contribution is -0.286. The van der Waals surface area contributed by atoms with E-state index in [2.05, 4.69) is 9.97 Å². The van der Waals surface area contributed by atoms with E-state index >= 15 is 0 Å². The van der Waals surface area contributed by atoms with Gasteiger partial charge >= 0.3 is 17.8 Å². The summed E-state index contributed by atoms with van der Waals surface area (Å²) in [6, 6.07) is 5.10. The SMILES string of the molecule is CCSc1cccnc1-c1cc2c(cn1)n(CC(F)(F)C(F)(F)F)c(=O)n2CC. The molecule has 3 aromatic heterocycles. The molecule has 0 aromatic carbocycles. The first-order valence-electron chi connectivity index (χ1n) is 8.72. The lowest BCUT2D eigenvalue weighted by atomic mass is 10.2. The van der Waals surface area contributed by atoms with Crippen molar-refractivity contribution in [3.63, 3.8) is 0 Å². The van der Waals surface area contributed by atoms with Gasteiger partial charge in [-0.3, -0.25) is 19.1 Å². The van der Waals surface area contributed by atoms with Gasteiger partial charge in [-0.25, -0.2) is 4.79 Å². The maximum Gasteiger partial charge on any atom is 0.455 e. The molecule has 0 N–H and O–H groups in total. The third-order valence-corrected chi connectivity index (χ3v) is 5.24. The minimum absolute atomic E-state index is 0.0925. The summed E-state index contributed by atoms with van der Waals surface area (Å²) in [5.41, 5.74) is 0.124. The second kappa shape index (κ2) is 7.77. The van der Waals surface area contributed by atoms with Crippen molar-refractivity contribution in [1.82, 2.24) is 19.1 Å². The van der Waals surface area contributed by atoms with Gasteiger partial charge in [-0.15, -0.1) is 11.8 Å². The minimum atomic E-state index is -5.76. The molecule has 0 bridgehead atoms. The molecule has 0 saturated carbocycles. The average molecular weight is 432 g/mol. The number of thioether (sulfide) groups is 1. The fraction of sp³-hybridized carbons (Fsp3) is 0.389. The molecule has 3 heterocycles. The number of hydrogen-bond acceptors (Lipinski definition) is 4. The number of alkyl halides is 5. The normalized spacial score (nSPS) is 12.7. The number of imidazole rings is 1. The zero-order chi connectivity index (χ0) is 21.4. The second-order valence-corrected chi connectivity index (χ2v) is 7.46. The Balaban J connectivity index is 2.17. The minimum Gasteiger partial charge on any atom is -0.292 e. The van der Waals surface area contributed by atoms with E-state index < -0.39 is 24.3 Å². The molecule has 3 rings (SSSR count). The second-order valence-electron chi connectivity index (χ2n) is 6.16. The molecule has 0 atom stereocenters. The van der Waals surface area contributed by atoms with Crippen molar-refractivity contribution in [2.24, 2.45) is 0 Å². The highest BCUT2D eigenvalue weighted by atomic mass is 32.2. The van der Waals surface area contributed by atoms with E-state index in [9.17, 15) is 26.7 Å². The maximum absolute atomic E-state index is 13.6. The van der Waals surface area contributed by atoms with Crippen molar-refractivity contribution in [3.05, 3.63) is 41.1 Å². The fourth-order valence-electron chi connectivity index (χ4n) is 2.94. The predicted octanol–water partition coefficient (Wildman–Crippen LogP) is 4.59. The highest BCUT2D eigenvalue weighted by molar-refractivity contribution is 7.99. The zero-order valence-corrected chi connectivity index (χ0v) is 16.3. The number of pyridine rings is 2. The largest absolute Gasteiger partial charge is 0.455 e. The van der Waals surface area contributed by atoms with Crippen molar-refractivity contribution < 1.29 is 22.0 Å². The molecule has 0 amide bonds. The Labute approximate surface area is 166 Å². The summed E-state index contributed by atoms with van der Waals surface area (Å²) < 4.78 is 66.7. The molecule has 3 aromatic rings. The molecule has 11 heteroatoms. The Hall–Kier alpha value is -2.43. The molecule has 0 aliphatic heterocycles. The predicted molar refractivity (Wildman–Crippen MR) is 100 cm³/mol. The van der Waals surface area contributed by atoms with Crippen LogP contribution in [0.1, 0.15) is 13.8 Å². The van der Waals surface area contributed by atoms with Crippen LogP contribution in [0.4, 0.5) is 22.0 Å². The topological polar surface area (TPSA) is 52.7 Å². The number of aryl methyl sites for hydroxylation is 1. The lowest BCUT2D eigenvalue weighted by Gasteiger charge is -2.19. The van der Waals surface area contributed by atoms with Gasteiger partial charge in [0.25, 0.3) is 0 Å². The van der Waals surface area contributed by atoms with Gasteiger partial charge in [0, 0.05) is 17.6 Å². The highest BCUT2D eigenvalue weighted by Crippen LogP contribution is 2.37. The lowest BCUT2D eigenvalue weighted by Crippen LogP contribution is -2.42. The maximum atomic E-state index is 13.6. The van der Waals surface area contributed by atoms with Crippen molar-refractivity contribution in [1.29, 1.82) is 0 Å². The summed E-state index contributed by atoms with van der Waals surface area (Å²) in [5, 5.41) is 0. The Morgan fingerprint density at radius 1 is 1.07 bits per heavy atom. The molecular weight excluding hydrogens is 415 g/mol. The van der Waals surface area contributed by atoms with Crippen molar-refractivity contribution >= 4 is 22.8 Å². The number of rotatable bonds is 6. The van der Waals surface area contributed by atoms with E-state index in [1.165, 1.54) is 17.8 Å². The molecule has 156 valence electrons. The molecule has 0 saturated heterocycles. The average Bonchev–Trinajstić information content (AvgIpc) is 2.91. The summed E-state index contributed by atoms with van der Waals surface area (Å²) in [4.78, 5) is 21.9. The van der Waals surface area contributed by atoms with Crippen LogP contribution in [-0.2, 0) is 13.1 Å². The van der Waals surface area contributed by atoms with Crippen LogP contribution in [0, 0.1) is 0 Å². The Morgan fingerprint density at radius 2 is 1.79 bits per heavy atom. The van der Waals surface area contributed by atoms with E-state index in [4.69, 9.17) is 0 Å². The zero-order valence-electron chi connectivity index (χ0n) is 15.5. The Kier molecular flexibility index (Phi) is 5.70. The number of fused-ring (bicyclic) bond motifs is 1. The van der Waals surface area contributed by atoms with E-state index in [0.717, 1.165) is 21.4 Å². The van der Waals surface area contributed by atoms with Crippen LogP contribution in [0.3, 0.4) is 0 Å². The van der Waals surface area contributed by atoms with E-state index in [-0.39, 0.29) is 17.6 Å². The van der Waals surface area contributed by atoms with Crippen LogP contribution in [0.5, 0.6) is 0 Å². The summed E-state index contributed by atoms with van der Waals surface area (Å²) in [6.45, 7) is 1.86. The van der Waals surface area contributed by atoms with Crippen LogP contribution in [0.2, 0.25) is 0 Å². The third-order valence-electron chi connectivity index (χ3n) is 4.31. The number of halogens is 5. The van der Waals surface area contributed by atoms with Gasteiger partial charge < -0.3 is 0 Å². The monoisotopic (exact) mass is 432 g/mol. The van der Waals surface area contributed by atoms with Crippen LogP contribution in [0.25, 0.3) is 22.4 Å².